The first-order chi connectivity index (χ1) is 13.4. The quantitative estimate of drug-likeness (QED) is 0.330. The number of ether oxygens (including phenoxy) is 1. The number of carboxylic acid groups (broad SMARTS) is 1. The van der Waals surface area contributed by atoms with Crippen molar-refractivity contribution in [3.8, 4) is 0 Å². The Morgan fingerprint density at radius 2 is 2.25 bits per heavy atom. The van der Waals surface area contributed by atoms with E-state index in [4.69, 9.17) is 22.1 Å². The number of halogens is 1. The molecule has 1 fully saturated rings. The number of nitrogens with two attached hydrogens (primary N) is 1. The fourth-order valence-electron chi connectivity index (χ4n) is 3.15. The van der Waals surface area contributed by atoms with Gasteiger partial charge in [0.05, 0.1) is 5.88 Å². The van der Waals surface area contributed by atoms with E-state index in [1.807, 2.05) is 6.26 Å². The largest absolute Gasteiger partial charge is 0.480 e. The van der Waals surface area contributed by atoms with Crippen LogP contribution in [0.2, 0.25) is 0 Å². The summed E-state index contributed by atoms with van der Waals surface area (Å²) in [6.45, 7) is 0. The van der Waals surface area contributed by atoms with Crippen molar-refractivity contribution in [2.45, 2.75) is 36.6 Å². The summed E-state index contributed by atoms with van der Waals surface area (Å²) in [5.41, 5.74) is 6.28. The molecular formula is C15H21ClN6O5S. The molecule has 11 nitrogen and oxygen atoms in total. The van der Waals surface area contributed by atoms with Gasteiger partial charge in [0, 0.05) is 0 Å². The predicted molar refractivity (Wildman–Crippen MR) is 103 cm³/mol. The van der Waals surface area contributed by atoms with Crippen LogP contribution in [0.25, 0.3) is 11.2 Å². The molecule has 1 saturated heterocycles. The second kappa shape index (κ2) is 8.35. The zero-order valence-electron chi connectivity index (χ0n) is 14.9. The molecule has 1 aliphatic heterocycles. The third-order valence-electron chi connectivity index (χ3n) is 4.60. The first-order valence-corrected chi connectivity index (χ1v) is 10.3. The van der Waals surface area contributed by atoms with Crippen LogP contribution in [-0.4, -0.2) is 83.1 Å². The lowest BCUT2D eigenvalue weighted by atomic mass is 10.1. The number of thioether (sulfide) groups is 1. The SMILES string of the molecule is CSCC[C@H](N[C@@]1(n2cnc3c(N)ncnc32)O[C@H](CCl)[C@@H](O)[C@H]1O)C(=O)O. The first-order valence-electron chi connectivity index (χ1n) is 8.39. The topological polar surface area (TPSA) is 169 Å². The average Bonchev–Trinajstić information content (AvgIpc) is 3.21. The second-order valence-corrected chi connectivity index (χ2v) is 7.60. The highest BCUT2D eigenvalue weighted by Gasteiger charge is 2.57. The number of aliphatic hydroxyl groups is 2. The summed E-state index contributed by atoms with van der Waals surface area (Å²) in [5, 5.41) is 33.7. The van der Waals surface area contributed by atoms with Crippen molar-refractivity contribution in [2.24, 2.45) is 0 Å². The first kappa shape index (κ1) is 21.0. The smallest absolute Gasteiger partial charge is 0.320 e. The Morgan fingerprint density at radius 3 is 2.86 bits per heavy atom. The number of nitrogens with zero attached hydrogens (tertiary/aromatic N) is 4. The van der Waals surface area contributed by atoms with Gasteiger partial charge in [0.15, 0.2) is 11.5 Å². The van der Waals surface area contributed by atoms with Gasteiger partial charge in [-0.15, -0.1) is 11.6 Å². The molecule has 1 aliphatic rings. The maximum atomic E-state index is 11.8. The summed E-state index contributed by atoms with van der Waals surface area (Å²) in [5.74, 6) is -2.45. The van der Waals surface area contributed by atoms with E-state index < -0.39 is 36.2 Å². The van der Waals surface area contributed by atoms with Gasteiger partial charge >= 0.3 is 5.97 Å². The Morgan fingerprint density at radius 1 is 1.50 bits per heavy atom. The minimum atomic E-state index is -1.87. The maximum Gasteiger partial charge on any atom is 0.320 e. The molecule has 3 rings (SSSR count). The molecule has 28 heavy (non-hydrogen) atoms. The minimum absolute atomic E-state index is 0.109. The summed E-state index contributed by atoms with van der Waals surface area (Å²) in [6, 6.07) is -1.08. The van der Waals surface area contributed by atoms with Gasteiger partial charge in [0.25, 0.3) is 0 Å². The molecule has 0 amide bonds. The zero-order valence-corrected chi connectivity index (χ0v) is 16.5. The third-order valence-corrected chi connectivity index (χ3v) is 5.55. The number of carboxylic acids is 1. The van der Waals surface area contributed by atoms with Crippen LogP contribution in [0.5, 0.6) is 0 Å². The molecule has 0 unspecified atom stereocenters. The van der Waals surface area contributed by atoms with E-state index in [2.05, 4.69) is 20.3 Å². The Labute approximate surface area is 169 Å². The van der Waals surface area contributed by atoms with Crippen LogP contribution in [0, 0.1) is 0 Å². The fourth-order valence-corrected chi connectivity index (χ4v) is 3.87. The number of nitrogen functional groups attached to an aromatic ring is 1. The number of alkyl halides is 1. The lowest BCUT2D eigenvalue weighted by molar-refractivity contribution is -0.174. The minimum Gasteiger partial charge on any atom is -0.480 e. The number of nitrogens with one attached hydrogen (secondary N) is 1. The molecule has 0 bridgehead atoms. The van der Waals surface area contributed by atoms with Crippen molar-refractivity contribution < 1.29 is 24.9 Å². The monoisotopic (exact) mass is 432 g/mol. The molecule has 0 aliphatic carbocycles. The van der Waals surface area contributed by atoms with Crippen molar-refractivity contribution in [3.05, 3.63) is 12.7 Å². The zero-order chi connectivity index (χ0) is 20.5. The van der Waals surface area contributed by atoms with Crippen LogP contribution >= 0.6 is 23.4 Å². The fraction of sp³-hybridized carbons (Fsp3) is 0.600. The molecule has 0 saturated carbocycles. The van der Waals surface area contributed by atoms with Gasteiger partial charge in [-0.2, -0.15) is 11.8 Å². The molecule has 0 spiro atoms. The van der Waals surface area contributed by atoms with E-state index in [1.54, 1.807) is 0 Å². The van der Waals surface area contributed by atoms with Crippen molar-refractivity contribution in [1.29, 1.82) is 0 Å². The number of aromatic nitrogens is 4. The number of rotatable bonds is 8. The van der Waals surface area contributed by atoms with Crippen molar-refractivity contribution in [3.63, 3.8) is 0 Å². The molecule has 2 aromatic heterocycles. The van der Waals surface area contributed by atoms with Crippen molar-refractivity contribution in [2.75, 3.05) is 23.6 Å². The van der Waals surface area contributed by atoms with E-state index >= 15 is 0 Å². The molecule has 6 N–H and O–H groups in total. The standard InChI is InChI=1S/C15H21ClN6O5S/c1-28-3-2-7(14(25)26)21-15(11(24)10(23)8(4-16)27-15)22-6-20-9-12(17)18-5-19-13(9)22/h5-8,10-11,21,23-24H,2-4H2,1H3,(H,25,26)(H2,17,18,19)/t7-,8+,10+,11+,15-/m0/s1. The highest BCUT2D eigenvalue weighted by atomic mass is 35.5. The highest BCUT2D eigenvalue weighted by Crippen LogP contribution is 2.37. The van der Waals surface area contributed by atoms with Crippen molar-refractivity contribution >= 4 is 46.3 Å². The number of carbonyl (C=O) groups is 1. The van der Waals surface area contributed by atoms with E-state index in [1.165, 1.54) is 29.0 Å². The molecule has 13 heteroatoms. The molecule has 154 valence electrons. The van der Waals surface area contributed by atoms with Crippen LogP contribution < -0.4 is 11.1 Å². The van der Waals surface area contributed by atoms with E-state index in [0.29, 0.717) is 5.75 Å². The van der Waals surface area contributed by atoms with Gasteiger partial charge in [-0.25, -0.2) is 15.0 Å². The second-order valence-electron chi connectivity index (χ2n) is 6.30. The number of aliphatic hydroxyl groups excluding tert-OH is 2. The highest BCUT2D eigenvalue weighted by molar-refractivity contribution is 7.98. The lowest BCUT2D eigenvalue weighted by Gasteiger charge is -2.36. The van der Waals surface area contributed by atoms with Gasteiger partial charge in [0.1, 0.15) is 42.5 Å². The summed E-state index contributed by atoms with van der Waals surface area (Å²) < 4.78 is 7.20. The van der Waals surface area contributed by atoms with Crippen LogP contribution in [0.4, 0.5) is 5.82 Å². The Kier molecular flexibility index (Phi) is 6.27. The van der Waals surface area contributed by atoms with Crippen LogP contribution in [-0.2, 0) is 15.4 Å². The summed E-state index contributed by atoms with van der Waals surface area (Å²) >= 11 is 7.35. The van der Waals surface area contributed by atoms with E-state index in [0.717, 1.165) is 0 Å². The number of anilines is 1. The van der Waals surface area contributed by atoms with Crippen LogP contribution in [0.15, 0.2) is 12.7 Å². The summed E-state index contributed by atoms with van der Waals surface area (Å²) in [6.07, 6.45) is 0.741. The Hall–Kier alpha value is -1.70. The van der Waals surface area contributed by atoms with E-state index in [-0.39, 0.29) is 29.3 Å². The van der Waals surface area contributed by atoms with Crippen LogP contribution in [0.3, 0.4) is 0 Å². The average molecular weight is 433 g/mol. The third kappa shape index (κ3) is 3.51. The molecule has 3 heterocycles. The van der Waals surface area contributed by atoms with Gasteiger partial charge in [-0.1, -0.05) is 0 Å². The number of hydrogen-bond acceptors (Lipinski definition) is 10. The Balaban J connectivity index is 2.12. The summed E-state index contributed by atoms with van der Waals surface area (Å²) in [7, 11) is 0. The number of aliphatic carboxylic acids is 1. The number of fused-ring (bicyclic) bond motifs is 1. The Bertz CT molecular complexity index is 855. The van der Waals surface area contributed by atoms with Crippen molar-refractivity contribution in [1.82, 2.24) is 24.8 Å². The lowest BCUT2D eigenvalue weighted by Crippen LogP contribution is -2.61. The normalized spacial score (nSPS) is 28.6. The number of hydrogen-bond donors (Lipinski definition) is 5. The van der Waals surface area contributed by atoms with E-state index in [9.17, 15) is 20.1 Å². The predicted octanol–water partition coefficient (Wildman–Crippen LogP) is -0.826. The van der Waals surface area contributed by atoms with Gasteiger partial charge in [0.2, 0.25) is 5.85 Å². The molecule has 2 aromatic rings. The molecule has 0 aromatic carbocycles. The van der Waals surface area contributed by atoms with Gasteiger partial charge in [-0.05, 0) is 18.4 Å². The molecule has 5 atom stereocenters. The van der Waals surface area contributed by atoms with Gasteiger partial charge in [-0.3, -0.25) is 14.7 Å². The molecular weight excluding hydrogens is 412 g/mol. The maximum absolute atomic E-state index is 11.8. The number of imidazole rings is 1. The summed E-state index contributed by atoms with van der Waals surface area (Å²) in [4.78, 5) is 23.9. The van der Waals surface area contributed by atoms with Crippen LogP contribution in [0.1, 0.15) is 6.42 Å². The molecule has 0 radical (unpaired) electrons. The van der Waals surface area contributed by atoms with Gasteiger partial charge < -0.3 is 25.8 Å².